The van der Waals surface area contributed by atoms with Gasteiger partial charge in [0, 0.05) is 19.3 Å². The topological polar surface area (TPSA) is 70.5 Å². The molecule has 23 heavy (non-hydrogen) atoms. The number of rotatable bonds is 3. The number of aromatic nitrogens is 1. The van der Waals surface area contributed by atoms with Crippen LogP contribution in [0.5, 0.6) is 5.75 Å². The van der Waals surface area contributed by atoms with E-state index in [1.54, 1.807) is 18.3 Å². The van der Waals surface area contributed by atoms with E-state index in [0.29, 0.717) is 13.0 Å². The molecule has 0 bridgehead atoms. The predicted molar refractivity (Wildman–Crippen MR) is 83.7 cm³/mol. The molecule has 2 aromatic rings. The molecular formula is C16H15FN2O3S. The lowest BCUT2D eigenvalue weighted by Crippen LogP contribution is -2.34. The minimum atomic E-state index is -3.64. The van der Waals surface area contributed by atoms with Crippen molar-refractivity contribution in [2.24, 2.45) is 0 Å². The maximum atomic E-state index is 12.9. The Balaban J connectivity index is 1.81. The highest BCUT2D eigenvalue weighted by molar-refractivity contribution is 7.89. The second-order valence-corrected chi connectivity index (χ2v) is 7.17. The van der Waals surface area contributed by atoms with Crippen molar-refractivity contribution >= 4 is 15.6 Å². The smallest absolute Gasteiger partial charge is 0.243 e. The number of hydrogen-bond acceptors (Lipinski definition) is 4. The quantitative estimate of drug-likeness (QED) is 0.936. The Hall–Kier alpha value is -2.25. The van der Waals surface area contributed by atoms with Crippen molar-refractivity contribution in [1.82, 2.24) is 9.29 Å². The summed E-state index contributed by atoms with van der Waals surface area (Å²) < 4.78 is 39.3. The van der Waals surface area contributed by atoms with Gasteiger partial charge < -0.3 is 5.11 Å². The fourth-order valence-corrected chi connectivity index (χ4v) is 3.87. The van der Waals surface area contributed by atoms with Crippen molar-refractivity contribution in [2.75, 3.05) is 13.1 Å². The molecule has 120 valence electrons. The fourth-order valence-electron chi connectivity index (χ4n) is 2.49. The van der Waals surface area contributed by atoms with E-state index in [-0.39, 0.29) is 17.2 Å². The average Bonchev–Trinajstić information content (AvgIpc) is 2.55. The third-order valence-electron chi connectivity index (χ3n) is 3.72. The average molecular weight is 334 g/mol. The molecule has 1 aliphatic rings. The van der Waals surface area contributed by atoms with Gasteiger partial charge in [0.1, 0.15) is 11.6 Å². The highest BCUT2D eigenvalue weighted by atomic mass is 32.2. The normalized spacial score (nSPS) is 16.1. The monoisotopic (exact) mass is 334 g/mol. The molecule has 5 nitrogen and oxygen atoms in total. The summed E-state index contributed by atoms with van der Waals surface area (Å²) in [5, 5.41) is 9.47. The van der Waals surface area contributed by atoms with Crippen molar-refractivity contribution < 1.29 is 17.9 Å². The Morgan fingerprint density at radius 1 is 1.17 bits per heavy atom. The van der Waals surface area contributed by atoms with Crippen molar-refractivity contribution in [1.29, 1.82) is 0 Å². The molecule has 0 atom stereocenters. The first-order chi connectivity index (χ1) is 11.0. The first-order valence-corrected chi connectivity index (χ1v) is 8.50. The summed E-state index contributed by atoms with van der Waals surface area (Å²) in [5.41, 5.74) is 1.72. The standard InChI is InChI=1S/C16H15FN2O3S/c17-14-1-3-16(4-2-14)23(21,22)19-7-5-12(6-8-19)13-9-15(20)11-18-10-13/h1-5,9-11,20H,6-8H2. The number of aromatic hydroxyl groups is 1. The van der Waals surface area contributed by atoms with E-state index >= 15 is 0 Å². The van der Waals surface area contributed by atoms with Crippen LogP contribution >= 0.6 is 0 Å². The maximum absolute atomic E-state index is 12.9. The summed E-state index contributed by atoms with van der Waals surface area (Å²) in [6.07, 6.45) is 5.31. The van der Waals surface area contributed by atoms with Crippen LogP contribution in [0.4, 0.5) is 4.39 Å². The summed E-state index contributed by atoms with van der Waals surface area (Å²) in [6.45, 7) is 0.548. The van der Waals surface area contributed by atoms with Crippen molar-refractivity contribution in [3.63, 3.8) is 0 Å². The van der Waals surface area contributed by atoms with Gasteiger partial charge in [0.05, 0.1) is 11.1 Å². The number of sulfonamides is 1. The molecule has 7 heteroatoms. The molecule has 0 spiro atoms. The lowest BCUT2D eigenvalue weighted by atomic mass is 10.0. The summed E-state index contributed by atoms with van der Waals surface area (Å²) >= 11 is 0. The SMILES string of the molecule is O=S(=O)(c1ccc(F)cc1)N1CC=C(c2cncc(O)c2)CC1. The van der Waals surface area contributed by atoms with E-state index in [9.17, 15) is 17.9 Å². The molecule has 0 unspecified atom stereocenters. The minimum Gasteiger partial charge on any atom is -0.506 e. The Kier molecular flexibility index (Phi) is 4.14. The Morgan fingerprint density at radius 3 is 2.52 bits per heavy atom. The van der Waals surface area contributed by atoms with Gasteiger partial charge in [-0.3, -0.25) is 4.98 Å². The van der Waals surface area contributed by atoms with Crippen LogP contribution in [0.1, 0.15) is 12.0 Å². The van der Waals surface area contributed by atoms with E-state index in [4.69, 9.17) is 0 Å². The molecule has 2 heterocycles. The third kappa shape index (κ3) is 3.25. The Bertz CT molecular complexity index is 848. The van der Waals surface area contributed by atoms with Crippen LogP contribution in [-0.2, 0) is 10.0 Å². The van der Waals surface area contributed by atoms with Crippen LogP contribution in [0.25, 0.3) is 5.57 Å². The van der Waals surface area contributed by atoms with Crippen molar-refractivity contribution in [3.8, 4) is 5.75 Å². The van der Waals surface area contributed by atoms with Gasteiger partial charge in [-0.1, -0.05) is 6.08 Å². The molecule has 0 fully saturated rings. The van der Waals surface area contributed by atoms with Gasteiger partial charge in [-0.15, -0.1) is 0 Å². The van der Waals surface area contributed by atoms with Gasteiger partial charge in [-0.2, -0.15) is 4.31 Å². The van der Waals surface area contributed by atoms with E-state index < -0.39 is 15.8 Å². The van der Waals surface area contributed by atoms with Gasteiger partial charge in [0.15, 0.2) is 0 Å². The molecule has 1 aliphatic heterocycles. The lowest BCUT2D eigenvalue weighted by Gasteiger charge is -2.26. The summed E-state index contributed by atoms with van der Waals surface area (Å²) in [5.74, 6) is -0.397. The van der Waals surface area contributed by atoms with Gasteiger partial charge >= 0.3 is 0 Å². The molecule has 3 rings (SSSR count). The van der Waals surface area contributed by atoms with Crippen LogP contribution in [0.3, 0.4) is 0 Å². The largest absolute Gasteiger partial charge is 0.506 e. The lowest BCUT2D eigenvalue weighted by molar-refractivity contribution is 0.440. The van der Waals surface area contributed by atoms with Gasteiger partial charge in [-0.05, 0) is 47.9 Å². The van der Waals surface area contributed by atoms with Crippen molar-refractivity contribution in [3.05, 3.63) is 60.2 Å². The molecule has 0 saturated heterocycles. The second kappa shape index (κ2) is 6.10. The molecule has 1 aromatic carbocycles. The molecule has 0 amide bonds. The summed E-state index contributed by atoms with van der Waals surface area (Å²) in [7, 11) is -3.64. The zero-order chi connectivity index (χ0) is 16.4. The van der Waals surface area contributed by atoms with E-state index in [2.05, 4.69) is 4.98 Å². The molecule has 0 saturated carbocycles. The molecule has 0 radical (unpaired) electrons. The van der Waals surface area contributed by atoms with Crippen LogP contribution in [0, 0.1) is 5.82 Å². The predicted octanol–water partition coefficient (Wildman–Crippen LogP) is 2.40. The van der Waals surface area contributed by atoms with E-state index in [0.717, 1.165) is 23.3 Å². The van der Waals surface area contributed by atoms with Crippen LogP contribution < -0.4 is 0 Å². The Morgan fingerprint density at radius 2 is 1.91 bits per heavy atom. The number of pyridine rings is 1. The fraction of sp³-hybridized carbons (Fsp3) is 0.188. The molecule has 1 aromatic heterocycles. The summed E-state index contributed by atoms with van der Waals surface area (Å²) in [6, 6.07) is 6.40. The van der Waals surface area contributed by atoms with Crippen LogP contribution in [0.15, 0.2) is 53.7 Å². The van der Waals surface area contributed by atoms with Gasteiger partial charge in [-0.25, -0.2) is 12.8 Å². The first kappa shape index (κ1) is 15.6. The number of nitrogens with zero attached hydrogens (tertiary/aromatic N) is 2. The Labute approximate surface area is 133 Å². The molecular weight excluding hydrogens is 319 g/mol. The summed E-state index contributed by atoms with van der Waals surface area (Å²) in [4.78, 5) is 4.00. The zero-order valence-corrected chi connectivity index (χ0v) is 13.0. The van der Waals surface area contributed by atoms with Crippen LogP contribution in [-0.4, -0.2) is 35.9 Å². The van der Waals surface area contributed by atoms with Crippen LogP contribution in [0.2, 0.25) is 0 Å². The van der Waals surface area contributed by atoms with Gasteiger partial charge in [0.25, 0.3) is 0 Å². The zero-order valence-electron chi connectivity index (χ0n) is 12.2. The third-order valence-corrected chi connectivity index (χ3v) is 5.60. The van der Waals surface area contributed by atoms with E-state index in [1.165, 1.54) is 22.6 Å². The number of halogens is 1. The molecule has 1 N–H and O–H groups in total. The second-order valence-electron chi connectivity index (χ2n) is 5.23. The minimum absolute atomic E-state index is 0.0739. The molecule has 0 aliphatic carbocycles. The number of hydrogen-bond donors (Lipinski definition) is 1. The van der Waals surface area contributed by atoms with Gasteiger partial charge in [0.2, 0.25) is 10.0 Å². The maximum Gasteiger partial charge on any atom is 0.243 e. The highest BCUT2D eigenvalue weighted by Gasteiger charge is 2.26. The van der Waals surface area contributed by atoms with E-state index in [1.807, 2.05) is 0 Å². The van der Waals surface area contributed by atoms with Crippen molar-refractivity contribution in [2.45, 2.75) is 11.3 Å². The number of benzene rings is 1. The highest BCUT2D eigenvalue weighted by Crippen LogP contribution is 2.27. The first-order valence-electron chi connectivity index (χ1n) is 7.06.